The van der Waals surface area contributed by atoms with Gasteiger partial charge in [-0.3, -0.25) is 9.36 Å². The predicted molar refractivity (Wildman–Crippen MR) is 162 cm³/mol. The normalized spacial score (nSPS) is 14.5. The van der Waals surface area contributed by atoms with E-state index in [1.165, 1.54) is 44.3 Å². The Labute approximate surface area is 251 Å². The number of carbonyl (C=O) groups excluding carboxylic acids is 1. The zero-order chi connectivity index (χ0) is 30.7. The van der Waals surface area contributed by atoms with Gasteiger partial charge >= 0.3 is 5.97 Å². The molecule has 0 unspecified atom stereocenters. The Kier molecular flexibility index (Phi) is 8.53. The zero-order valence-corrected chi connectivity index (χ0v) is 25.1. The number of rotatable bonds is 9. The van der Waals surface area contributed by atoms with Gasteiger partial charge in [0.1, 0.15) is 0 Å². The molecule has 3 aromatic carbocycles. The van der Waals surface area contributed by atoms with Crippen LogP contribution in [0.3, 0.4) is 0 Å². The number of ether oxygens (including phenoxy) is 5. The highest BCUT2D eigenvalue weighted by Gasteiger charge is 2.35. The molecule has 43 heavy (non-hydrogen) atoms. The van der Waals surface area contributed by atoms with Gasteiger partial charge in [-0.1, -0.05) is 47.7 Å². The van der Waals surface area contributed by atoms with E-state index in [1.54, 1.807) is 43.3 Å². The Balaban J connectivity index is 1.84. The number of esters is 1. The number of aromatic nitrogens is 1. The van der Waals surface area contributed by atoms with Crippen molar-refractivity contribution in [3.8, 4) is 28.7 Å². The lowest BCUT2D eigenvalue weighted by atomic mass is 9.93. The molecule has 0 bridgehead atoms. The van der Waals surface area contributed by atoms with E-state index in [2.05, 4.69) is 0 Å². The fraction of sp³-hybridized carbons (Fsp3) is 0.219. The van der Waals surface area contributed by atoms with Crippen molar-refractivity contribution in [3.63, 3.8) is 0 Å². The predicted octanol–water partition coefficient (Wildman–Crippen LogP) is 3.68. The van der Waals surface area contributed by atoms with Crippen LogP contribution in [0.15, 0.2) is 76.0 Å². The Morgan fingerprint density at radius 3 is 2.19 bits per heavy atom. The van der Waals surface area contributed by atoms with Crippen molar-refractivity contribution in [2.75, 3.05) is 35.0 Å². The summed E-state index contributed by atoms with van der Waals surface area (Å²) in [7, 11) is 5.91. The monoisotopic (exact) mass is 602 g/mol. The standard InChI is InChI=1S/C32H30N2O8S/c1-6-42-31(37)26-27(19-10-8-7-9-11-19)33-32-34(28(26)20-12-13-21(38-2)22(17-20)39-3)30(36)25(43-32)16-18-14-23(40-4)29(35)24(15-18)41-5/h7-17,28,35H,6H2,1-5H3/b25-16+/t28-/m1/s1. The fourth-order valence-corrected chi connectivity index (χ4v) is 5.93. The summed E-state index contributed by atoms with van der Waals surface area (Å²) in [4.78, 5) is 33.1. The highest BCUT2D eigenvalue weighted by molar-refractivity contribution is 7.07. The molecular weight excluding hydrogens is 572 g/mol. The number of thiazole rings is 1. The maximum absolute atomic E-state index is 14.2. The van der Waals surface area contributed by atoms with E-state index in [9.17, 15) is 14.7 Å². The van der Waals surface area contributed by atoms with E-state index in [4.69, 9.17) is 28.7 Å². The molecule has 11 heteroatoms. The van der Waals surface area contributed by atoms with Crippen molar-refractivity contribution in [1.29, 1.82) is 0 Å². The summed E-state index contributed by atoms with van der Waals surface area (Å²) >= 11 is 1.17. The Morgan fingerprint density at radius 2 is 1.58 bits per heavy atom. The lowest BCUT2D eigenvalue weighted by molar-refractivity contribution is -0.138. The second-order valence-corrected chi connectivity index (χ2v) is 10.3. The number of phenolic OH excluding ortho intramolecular Hbond substituents is 1. The number of hydrogen-bond donors (Lipinski definition) is 1. The van der Waals surface area contributed by atoms with Gasteiger partial charge in [0.2, 0.25) is 5.75 Å². The van der Waals surface area contributed by atoms with Crippen LogP contribution in [-0.2, 0) is 9.53 Å². The molecule has 222 valence electrons. The summed E-state index contributed by atoms with van der Waals surface area (Å²) in [6.07, 6.45) is 1.66. The number of methoxy groups -OCH3 is 4. The third kappa shape index (κ3) is 5.46. The molecule has 1 aromatic heterocycles. The third-order valence-electron chi connectivity index (χ3n) is 6.90. The second-order valence-electron chi connectivity index (χ2n) is 9.32. The minimum Gasteiger partial charge on any atom is -0.502 e. The molecule has 1 aliphatic rings. The van der Waals surface area contributed by atoms with Crippen LogP contribution in [0.25, 0.3) is 11.8 Å². The average Bonchev–Trinajstić information content (AvgIpc) is 3.34. The zero-order valence-electron chi connectivity index (χ0n) is 24.2. The molecule has 0 saturated heterocycles. The molecule has 5 rings (SSSR count). The third-order valence-corrected chi connectivity index (χ3v) is 7.88. The van der Waals surface area contributed by atoms with E-state index in [1.807, 2.05) is 30.3 Å². The van der Waals surface area contributed by atoms with Crippen molar-refractivity contribution in [3.05, 3.63) is 103 Å². The van der Waals surface area contributed by atoms with Crippen LogP contribution in [0.5, 0.6) is 28.7 Å². The largest absolute Gasteiger partial charge is 0.502 e. The van der Waals surface area contributed by atoms with E-state index in [0.29, 0.717) is 43.2 Å². The van der Waals surface area contributed by atoms with Gasteiger partial charge in [0.25, 0.3) is 5.56 Å². The van der Waals surface area contributed by atoms with Crippen LogP contribution in [0, 0.1) is 0 Å². The molecule has 0 fully saturated rings. The highest BCUT2D eigenvalue weighted by Crippen LogP contribution is 2.39. The number of fused-ring (bicyclic) bond motifs is 1. The number of nitrogens with zero attached hydrogens (tertiary/aromatic N) is 2. The van der Waals surface area contributed by atoms with Crippen molar-refractivity contribution in [1.82, 2.24) is 4.57 Å². The number of benzene rings is 3. The van der Waals surface area contributed by atoms with Crippen molar-refractivity contribution in [2.24, 2.45) is 4.99 Å². The molecule has 1 N–H and O–H groups in total. The molecule has 0 aliphatic carbocycles. The van der Waals surface area contributed by atoms with E-state index < -0.39 is 12.0 Å². The molecular formula is C32H30N2O8S. The van der Waals surface area contributed by atoms with Crippen molar-refractivity contribution in [2.45, 2.75) is 13.0 Å². The van der Waals surface area contributed by atoms with Gasteiger partial charge in [-0.2, -0.15) is 0 Å². The summed E-state index contributed by atoms with van der Waals surface area (Å²) in [5, 5.41) is 10.4. The lowest BCUT2D eigenvalue weighted by Gasteiger charge is -2.26. The summed E-state index contributed by atoms with van der Waals surface area (Å²) in [5.74, 6) is 0.580. The fourth-order valence-electron chi connectivity index (χ4n) is 4.93. The van der Waals surface area contributed by atoms with E-state index in [-0.39, 0.29) is 35.0 Å². The number of phenols is 1. The smallest absolute Gasteiger partial charge is 0.338 e. The van der Waals surface area contributed by atoms with Crippen LogP contribution in [-0.4, -0.2) is 50.7 Å². The molecule has 10 nitrogen and oxygen atoms in total. The topological polar surface area (TPSA) is 118 Å². The first kappa shape index (κ1) is 29.5. The summed E-state index contributed by atoms with van der Waals surface area (Å²) in [6.45, 7) is 1.86. The van der Waals surface area contributed by atoms with Gasteiger partial charge in [-0.05, 0) is 48.4 Å². The minimum atomic E-state index is -0.892. The minimum absolute atomic E-state index is 0.137. The summed E-state index contributed by atoms with van der Waals surface area (Å²) < 4.78 is 28.9. The van der Waals surface area contributed by atoms with Crippen LogP contribution in [0.1, 0.15) is 29.7 Å². The van der Waals surface area contributed by atoms with Gasteiger partial charge in [-0.15, -0.1) is 0 Å². The van der Waals surface area contributed by atoms with Crippen LogP contribution in [0.2, 0.25) is 0 Å². The first-order chi connectivity index (χ1) is 20.8. The molecule has 0 radical (unpaired) electrons. The molecule has 0 spiro atoms. The molecule has 4 aromatic rings. The Hall–Kier alpha value is -5.03. The molecule has 1 atom stereocenters. The summed E-state index contributed by atoms with van der Waals surface area (Å²) in [5.41, 5.74) is 2.11. The van der Waals surface area contributed by atoms with E-state index in [0.717, 1.165) is 0 Å². The summed E-state index contributed by atoms with van der Waals surface area (Å²) in [6, 6.07) is 16.8. The van der Waals surface area contributed by atoms with Gasteiger partial charge < -0.3 is 28.8 Å². The Bertz CT molecular complexity index is 1870. The van der Waals surface area contributed by atoms with E-state index >= 15 is 0 Å². The van der Waals surface area contributed by atoms with Gasteiger partial charge in [-0.25, -0.2) is 9.79 Å². The maximum Gasteiger partial charge on any atom is 0.338 e. The second kappa shape index (κ2) is 12.5. The van der Waals surface area contributed by atoms with Gasteiger partial charge in [0, 0.05) is 5.56 Å². The SMILES string of the molecule is CCOC(=O)C1=C(c2ccccc2)N=c2s/c(=C/c3cc(OC)c(O)c(OC)c3)c(=O)n2[C@@H]1c1ccc(OC)c(OC)c1. The average molecular weight is 603 g/mol. The first-order valence-electron chi connectivity index (χ1n) is 13.3. The van der Waals surface area contributed by atoms with Gasteiger partial charge in [0.05, 0.1) is 56.9 Å². The highest BCUT2D eigenvalue weighted by atomic mass is 32.1. The van der Waals surface area contributed by atoms with Crippen molar-refractivity contribution >= 4 is 29.1 Å². The lowest BCUT2D eigenvalue weighted by Crippen LogP contribution is -2.40. The van der Waals surface area contributed by atoms with Crippen LogP contribution < -0.4 is 33.8 Å². The quantitative estimate of drug-likeness (QED) is 0.289. The maximum atomic E-state index is 14.2. The molecule has 2 heterocycles. The number of aromatic hydroxyl groups is 1. The molecule has 0 saturated carbocycles. The molecule has 1 aliphatic heterocycles. The van der Waals surface area contributed by atoms with Crippen molar-refractivity contribution < 1.29 is 33.6 Å². The van der Waals surface area contributed by atoms with Crippen LogP contribution in [0.4, 0.5) is 0 Å². The number of carbonyl (C=O) groups is 1. The van der Waals surface area contributed by atoms with Crippen LogP contribution >= 0.6 is 11.3 Å². The first-order valence-corrected chi connectivity index (χ1v) is 14.1. The van der Waals surface area contributed by atoms with Gasteiger partial charge in [0.15, 0.2) is 27.8 Å². The Morgan fingerprint density at radius 1 is 0.930 bits per heavy atom. The number of hydrogen-bond acceptors (Lipinski definition) is 10. The molecule has 0 amide bonds.